The van der Waals surface area contributed by atoms with E-state index in [0.717, 1.165) is 19.3 Å². The predicted molar refractivity (Wildman–Crippen MR) is 80.5 cm³/mol. The van der Waals surface area contributed by atoms with E-state index >= 15 is 0 Å². The van der Waals surface area contributed by atoms with Crippen LogP contribution in [0, 0.1) is 0 Å². The lowest BCUT2D eigenvalue weighted by molar-refractivity contribution is -0.163. The summed E-state index contributed by atoms with van der Waals surface area (Å²) in [4.78, 5) is 11.5. The highest BCUT2D eigenvalue weighted by atomic mass is 35.5. The van der Waals surface area contributed by atoms with E-state index in [4.69, 9.17) is 11.6 Å². The molecule has 0 unspecified atom stereocenters. The third-order valence-electron chi connectivity index (χ3n) is 3.04. The van der Waals surface area contributed by atoms with Gasteiger partial charge in [-0.25, -0.2) is 4.79 Å². The number of esters is 1. The number of benzene rings is 1. The molecule has 0 N–H and O–H groups in total. The minimum Gasteiger partial charge on any atom is -0.461 e. The van der Waals surface area contributed by atoms with Crippen LogP contribution >= 0.6 is 11.6 Å². The molecule has 0 aliphatic heterocycles. The molecular weight excluding hydrogens is 298 g/mol. The zero-order valence-electron chi connectivity index (χ0n) is 12.0. The zero-order valence-corrected chi connectivity index (χ0v) is 12.8. The van der Waals surface area contributed by atoms with E-state index in [-0.39, 0.29) is 12.2 Å². The number of unbranched alkanes of at least 4 members (excludes halogenated alkanes) is 3. The smallest absolute Gasteiger partial charge is 0.381 e. The van der Waals surface area contributed by atoms with Crippen LogP contribution in [0.25, 0.3) is 5.57 Å². The molecule has 0 bridgehead atoms. The first kappa shape index (κ1) is 17.6. The molecule has 5 heteroatoms. The van der Waals surface area contributed by atoms with Crippen LogP contribution in [0.4, 0.5) is 8.78 Å². The monoisotopic (exact) mass is 316 g/mol. The van der Waals surface area contributed by atoms with Gasteiger partial charge >= 0.3 is 11.9 Å². The first-order valence-corrected chi connectivity index (χ1v) is 7.27. The van der Waals surface area contributed by atoms with Crippen molar-refractivity contribution in [2.45, 2.75) is 38.5 Å². The van der Waals surface area contributed by atoms with Gasteiger partial charge < -0.3 is 4.74 Å². The van der Waals surface area contributed by atoms with Gasteiger partial charge in [-0.15, -0.1) is 0 Å². The lowest BCUT2D eigenvalue weighted by atomic mass is 10.0. The topological polar surface area (TPSA) is 26.3 Å². The molecule has 0 atom stereocenters. The fourth-order valence-electron chi connectivity index (χ4n) is 1.77. The van der Waals surface area contributed by atoms with Crippen molar-refractivity contribution in [1.29, 1.82) is 0 Å². The normalized spacial score (nSPS) is 11.2. The first-order valence-electron chi connectivity index (χ1n) is 6.90. The van der Waals surface area contributed by atoms with Crippen molar-refractivity contribution in [2.75, 3.05) is 6.61 Å². The van der Waals surface area contributed by atoms with Crippen LogP contribution in [0.5, 0.6) is 0 Å². The van der Waals surface area contributed by atoms with Gasteiger partial charge in [0.25, 0.3) is 0 Å². The van der Waals surface area contributed by atoms with Crippen molar-refractivity contribution in [2.24, 2.45) is 0 Å². The van der Waals surface area contributed by atoms with E-state index in [1.807, 2.05) is 6.92 Å². The Morgan fingerprint density at radius 3 is 2.67 bits per heavy atom. The molecule has 0 aliphatic rings. The number of carbonyl (C=O) groups is 1. The molecule has 0 fully saturated rings. The second-order valence-corrected chi connectivity index (χ2v) is 5.20. The summed E-state index contributed by atoms with van der Waals surface area (Å²) < 4.78 is 32.6. The maximum Gasteiger partial charge on any atom is 0.381 e. The van der Waals surface area contributed by atoms with Crippen LogP contribution in [0.2, 0.25) is 5.02 Å². The Bertz CT molecular complexity index is 501. The molecule has 0 radical (unpaired) electrons. The molecule has 1 rings (SSSR count). The van der Waals surface area contributed by atoms with Crippen LogP contribution in [0.3, 0.4) is 0 Å². The summed E-state index contributed by atoms with van der Waals surface area (Å²) in [7, 11) is 0. The molecule has 1 aromatic carbocycles. The molecule has 2 nitrogen and oxygen atoms in total. The average Bonchev–Trinajstić information content (AvgIpc) is 2.45. The third kappa shape index (κ3) is 5.12. The fraction of sp³-hybridized carbons (Fsp3) is 0.438. The van der Waals surface area contributed by atoms with Crippen LogP contribution in [0.1, 0.15) is 38.2 Å². The van der Waals surface area contributed by atoms with Crippen molar-refractivity contribution in [1.82, 2.24) is 0 Å². The largest absolute Gasteiger partial charge is 0.461 e. The summed E-state index contributed by atoms with van der Waals surface area (Å²) in [5, 5.41) is 0.303. The van der Waals surface area contributed by atoms with Crippen LogP contribution in [-0.2, 0) is 9.53 Å². The highest BCUT2D eigenvalue weighted by molar-refractivity contribution is 6.30. The number of ether oxygens (including phenoxy) is 1. The Morgan fingerprint density at radius 1 is 1.33 bits per heavy atom. The van der Waals surface area contributed by atoms with Crippen molar-refractivity contribution in [3.05, 3.63) is 41.4 Å². The lowest BCUT2D eigenvalue weighted by Gasteiger charge is -2.18. The summed E-state index contributed by atoms with van der Waals surface area (Å²) in [6.07, 6.45) is 3.45. The van der Waals surface area contributed by atoms with Crippen LogP contribution < -0.4 is 0 Å². The van der Waals surface area contributed by atoms with E-state index in [0.29, 0.717) is 11.4 Å². The molecule has 0 saturated carbocycles. The van der Waals surface area contributed by atoms with Crippen molar-refractivity contribution in [3.8, 4) is 0 Å². The zero-order chi connectivity index (χ0) is 15.9. The second kappa shape index (κ2) is 8.13. The molecule has 0 saturated heterocycles. The van der Waals surface area contributed by atoms with Gasteiger partial charge in [0.05, 0.1) is 6.61 Å². The van der Waals surface area contributed by atoms with E-state index in [9.17, 15) is 13.6 Å². The first-order chi connectivity index (χ1) is 9.89. The van der Waals surface area contributed by atoms with Gasteiger partial charge in [0, 0.05) is 10.6 Å². The number of hydrogen-bond donors (Lipinski definition) is 0. The van der Waals surface area contributed by atoms with Crippen LogP contribution in [-0.4, -0.2) is 18.5 Å². The quantitative estimate of drug-likeness (QED) is 0.492. The second-order valence-electron chi connectivity index (χ2n) is 4.76. The fourth-order valence-corrected chi connectivity index (χ4v) is 1.96. The Labute approximate surface area is 128 Å². The van der Waals surface area contributed by atoms with Gasteiger partial charge in [0.15, 0.2) is 0 Å². The molecule has 0 spiro atoms. The Hall–Kier alpha value is -1.42. The highest BCUT2D eigenvalue weighted by Crippen LogP contribution is 2.33. The minimum atomic E-state index is -3.75. The molecule has 1 aromatic rings. The number of rotatable bonds is 8. The summed E-state index contributed by atoms with van der Waals surface area (Å²) in [6, 6.07) is 5.85. The summed E-state index contributed by atoms with van der Waals surface area (Å²) in [6.45, 7) is 5.34. The van der Waals surface area contributed by atoms with Gasteiger partial charge in [0.2, 0.25) is 0 Å². The molecule has 0 heterocycles. The maximum absolute atomic E-state index is 14.0. The minimum absolute atomic E-state index is 0.00273. The predicted octanol–water partition coefficient (Wildman–Crippen LogP) is 5.11. The van der Waals surface area contributed by atoms with Gasteiger partial charge in [0.1, 0.15) is 0 Å². The maximum atomic E-state index is 14.0. The van der Waals surface area contributed by atoms with Gasteiger partial charge in [-0.05, 0) is 24.1 Å². The van der Waals surface area contributed by atoms with E-state index in [1.165, 1.54) is 18.2 Å². The molecule has 21 heavy (non-hydrogen) atoms. The van der Waals surface area contributed by atoms with Crippen molar-refractivity contribution < 1.29 is 18.3 Å². The highest BCUT2D eigenvalue weighted by Gasteiger charge is 2.44. The molecule has 0 amide bonds. The van der Waals surface area contributed by atoms with Gasteiger partial charge in [-0.2, -0.15) is 8.78 Å². The summed E-state index contributed by atoms with van der Waals surface area (Å²) in [5.74, 6) is -5.32. The number of hydrogen-bond acceptors (Lipinski definition) is 2. The molecule has 116 valence electrons. The third-order valence-corrected chi connectivity index (χ3v) is 3.27. The van der Waals surface area contributed by atoms with Crippen molar-refractivity contribution >= 4 is 23.1 Å². The summed E-state index contributed by atoms with van der Waals surface area (Å²) in [5.41, 5.74) is -0.487. The lowest BCUT2D eigenvalue weighted by Crippen LogP contribution is -2.32. The van der Waals surface area contributed by atoms with Crippen LogP contribution in [0.15, 0.2) is 30.8 Å². The van der Waals surface area contributed by atoms with Crippen molar-refractivity contribution in [3.63, 3.8) is 0 Å². The van der Waals surface area contributed by atoms with E-state index < -0.39 is 17.5 Å². The standard InChI is InChI=1S/C16H19ClF2O2/c1-3-4-5-6-10-21-15(20)16(18,19)12(2)13-8-7-9-14(17)11-13/h7-9,11H,2-6,10H2,1H3. The Balaban J connectivity index is 2.62. The molecule has 0 aliphatic carbocycles. The molecular formula is C16H19ClF2O2. The SMILES string of the molecule is C=C(c1cccc(Cl)c1)C(F)(F)C(=O)OCCCCCC. The van der Waals surface area contributed by atoms with E-state index in [1.54, 1.807) is 6.07 Å². The number of halogens is 3. The Morgan fingerprint density at radius 2 is 2.05 bits per heavy atom. The number of carbonyl (C=O) groups excluding carboxylic acids is 1. The average molecular weight is 317 g/mol. The van der Waals surface area contributed by atoms with Gasteiger partial charge in [-0.3, -0.25) is 0 Å². The Kier molecular flexibility index (Phi) is 6.82. The molecule has 0 aromatic heterocycles. The van der Waals surface area contributed by atoms with E-state index in [2.05, 4.69) is 11.3 Å². The van der Waals surface area contributed by atoms with Gasteiger partial charge in [-0.1, -0.05) is 56.5 Å². The summed E-state index contributed by atoms with van der Waals surface area (Å²) >= 11 is 5.75. The number of alkyl halides is 2.